The van der Waals surface area contributed by atoms with Crippen LogP contribution in [0, 0.1) is 5.41 Å². The van der Waals surface area contributed by atoms with E-state index in [1.54, 1.807) is 29.8 Å². The molecule has 2 aromatic rings. The molecule has 25 heavy (non-hydrogen) atoms. The van der Waals surface area contributed by atoms with Crippen molar-refractivity contribution < 1.29 is 23.9 Å². The third-order valence-electron chi connectivity index (χ3n) is 4.08. The highest BCUT2D eigenvalue weighted by molar-refractivity contribution is 6.14. The van der Waals surface area contributed by atoms with Crippen molar-refractivity contribution in [2.45, 2.75) is 33.6 Å². The van der Waals surface area contributed by atoms with E-state index in [2.05, 4.69) is 5.10 Å². The van der Waals surface area contributed by atoms with Gasteiger partial charge in [-0.15, -0.1) is 0 Å². The SMILES string of the molecule is CCOC(=O)CC(C)(C(=O)OC)C(=O)c1ccn2nc(CC)cc2c1. The first-order valence-electron chi connectivity index (χ1n) is 8.12. The molecule has 0 fully saturated rings. The van der Waals surface area contributed by atoms with Crippen LogP contribution in [0.2, 0.25) is 0 Å². The maximum atomic E-state index is 13.0. The van der Waals surface area contributed by atoms with Crippen LogP contribution in [0.3, 0.4) is 0 Å². The summed E-state index contributed by atoms with van der Waals surface area (Å²) in [7, 11) is 1.19. The first kappa shape index (κ1) is 18.6. The zero-order chi connectivity index (χ0) is 18.6. The highest BCUT2D eigenvalue weighted by Crippen LogP contribution is 2.29. The maximum Gasteiger partial charge on any atom is 0.320 e. The number of rotatable bonds is 7. The molecule has 1 unspecified atom stereocenters. The van der Waals surface area contributed by atoms with Gasteiger partial charge in [-0.25, -0.2) is 4.52 Å². The maximum absolute atomic E-state index is 13.0. The summed E-state index contributed by atoms with van der Waals surface area (Å²) in [5, 5.41) is 4.36. The molecular weight excluding hydrogens is 324 g/mol. The Morgan fingerprint density at radius 3 is 2.56 bits per heavy atom. The van der Waals surface area contributed by atoms with Crippen molar-refractivity contribution in [3.05, 3.63) is 35.7 Å². The van der Waals surface area contributed by atoms with Gasteiger partial charge in [-0.2, -0.15) is 5.10 Å². The Balaban J connectivity index is 2.41. The summed E-state index contributed by atoms with van der Waals surface area (Å²) < 4.78 is 11.3. The topological polar surface area (TPSA) is 87.0 Å². The Morgan fingerprint density at radius 2 is 1.96 bits per heavy atom. The van der Waals surface area contributed by atoms with E-state index in [0.717, 1.165) is 17.6 Å². The second-order valence-electron chi connectivity index (χ2n) is 5.91. The number of esters is 2. The smallest absolute Gasteiger partial charge is 0.320 e. The van der Waals surface area contributed by atoms with Crippen LogP contribution in [-0.2, 0) is 25.5 Å². The van der Waals surface area contributed by atoms with Gasteiger partial charge in [0, 0.05) is 11.8 Å². The summed E-state index contributed by atoms with van der Waals surface area (Å²) in [6, 6.07) is 5.10. The van der Waals surface area contributed by atoms with Crippen LogP contribution in [0.4, 0.5) is 0 Å². The van der Waals surface area contributed by atoms with Crippen molar-refractivity contribution in [2.24, 2.45) is 5.41 Å². The van der Waals surface area contributed by atoms with Crippen LogP contribution < -0.4 is 0 Å². The van der Waals surface area contributed by atoms with Crippen molar-refractivity contribution in [2.75, 3.05) is 13.7 Å². The zero-order valence-electron chi connectivity index (χ0n) is 14.9. The van der Waals surface area contributed by atoms with E-state index >= 15 is 0 Å². The first-order valence-corrected chi connectivity index (χ1v) is 8.12. The molecule has 2 heterocycles. The fourth-order valence-electron chi connectivity index (χ4n) is 2.65. The molecule has 0 N–H and O–H groups in total. The number of hydrogen-bond donors (Lipinski definition) is 0. The molecular formula is C18H22N2O5. The first-order chi connectivity index (χ1) is 11.8. The molecule has 7 heteroatoms. The lowest BCUT2D eigenvalue weighted by atomic mass is 9.79. The fraction of sp³-hybridized carbons (Fsp3) is 0.444. The molecule has 0 amide bonds. The molecule has 0 saturated carbocycles. The lowest BCUT2D eigenvalue weighted by Gasteiger charge is -2.24. The molecule has 2 rings (SSSR count). The number of ketones is 1. The van der Waals surface area contributed by atoms with Gasteiger partial charge in [-0.05, 0) is 38.5 Å². The van der Waals surface area contributed by atoms with Crippen molar-refractivity contribution in [3.63, 3.8) is 0 Å². The summed E-state index contributed by atoms with van der Waals surface area (Å²) in [4.78, 5) is 37.1. The molecule has 134 valence electrons. The Labute approximate surface area is 145 Å². The second-order valence-corrected chi connectivity index (χ2v) is 5.91. The summed E-state index contributed by atoms with van der Waals surface area (Å²) in [5.74, 6) is -1.88. The van der Waals surface area contributed by atoms with Crippen LogP contribution >= 0.6 is 0 Å². The van der Waals surface area contributed by atoms with Gasteiger partial charge in [-0.3, -0.25) is 14.4 Å². The minimum Gasteiger partial charge on any atom is -0.468 e. The molecule has 0 spiro atoms. The average Bonchev–Trinajstić information content (AvgIpc) is 3.02. The van der Waals surface area contributed by atoms with Gasteiger partial charge in [0.2, 0.25) is 0 Å². The minimum atomic E-state index is -1.65. The van der Waals surface area contributed by atoms with Crippen LogP contribution in [0.25, 0.3) is 5.52 Å². The van der Waals surface area contributed by atoms with Gasteiger partial charge in [-0.1, -0.05) is 6.92 Å². The van der Waals surface area contributed by atoms with Crippen LogP contribution in [0.5, 0.6) is 0 Å². The van der Waals surface area contributed by atoms with Gasteiger partial charge in [0.15, 0.2) is 5.78 Å². The van der Waals surface area contributed by atoms with Crippen molar-refractivity contribution in [3.8, 4) is 0 Å². The largest absolute Gasteiger partial charge is 0.468 e. The normalized spacial score (nSPS) is 13.3. The number of aromatic nitrogens is 2. The monoisotopic (exact) mass is 346 g/mol. The van der Waals surface area contributed by atoms with E-state index < -0.39 is 23.1 Å². The number of methoxy groups -OCH3 is 1. The molecule has 2 aromatic heterocycles. The highest BCUT2D eigenvalue weighted by Gasteiger charge is 2.45. The summed E-state index contributed by atoms with van der Waals surface area (Å²) in [5.41, 5.74) is 0.303. The predicted molar refractivity (Wildman–Crippen MR) is 90.3 cm³/mol. The summed E-state index contributed by atoms with van der Waals surface area (Å²) >= 11 is 0. The molecule has 0 aliphatic heterocycles. The number of carbonyl (C=O) groups is 3. The molecule has 0 aliphatic carbocycles. The number of Topliss-reactive ketones (excluding diaryl/α,β-unsaturated/α-hetero) is 1. The summed E-state index contributed by atoms with van der Waals surface area (Å²) in [6.45, 7) is 5.22. The van der Waals surface area contributed by atoms with Gasteiger partial charge in [0.05, 0.1) is 31.3 Å². The zero-order valence-corrected chi connectivity index (χ0v) is 14.9. The quantitative estimate of drug-likeness (QED) is 0.434. The van der Waals surface area contributed by atoms with E-state index in [1.807, 2.05) is 13.0 Å². The fourth-order valence-corrected chi connectivity index (χ4v) is 2.65. The van der Waals surface area contributed by atoms with Crippen LogP contribution in [0.1, 0.15) is 43.2 Å². The van der Waals surface area contributed by atoms with E-state index in [0.29, 0.717) is 5.56 Å². The number of pyridine rings is 1. The number of fused-ring (bicyclic) bond motifs is 1. The van der Waals surface area contributed by atoms with E-state index in [9.17, 15) is 14.4 Å². The Kier molecular flexibility index (Phi) is 5.56. The van der Waals surface area contributed by atoms with Gasteiger partial charge >= 0.3 is 11.9 Å². The second kappa shape index (κ2) is 7.46. The average molecular weight is 346 g/mol. The van der Waals surface area contributed by atoms with E-state index in [1.165, 1.54) is 14.0 Å². The lowest BCUT2D eigenvalue weighted by Crippen LogP contribution is -2.40. The number of carbonyl (C=O) groups excluding carboxylic acids is 3. The van der Waals surface area contributed by atoms with Crippen molar-refractivity contribution >= 4 is 23.2 Å². The number of nitrogens with zero attached hydrogens (tertiary/aromatic N) is 2. The molecule has 0 aromatic carbocycles. The highest BCUT2D eigenvalue weighted by atomic mass is 16.5. The minimum absolute atomic E-state index is 0.172. The Morgan fingerprint density at radius 1 is 1.24 bits per heavy atom. The van der Waals surface area contributed by atoms with Crippen molar-refractivity contribution in [1.82, 2.24) is 9.61 Å². The molecule has 0 aliphatic rings. The summed E-state index contributed by atoms with van der Waals surface area (Å²) in [6.07, 6.45) is 2.05. The van der Waals surface area contributed by atoms with Gasteiger partial charge in [0.1, 0.15) is 5.41 Å². The molecule has 0 radical (unpaired) electrons. The van der Waals surface area contributed by atoms with Gasteiger partial charge in [0.25, 0.3) is 0 Å². The Bertz CT molecular complexity index is 811. The Hall–Kier alpha value is -2.70. The molecule has 1 atom stereocenters. The standard InChI is InChI=1S/C18H22N2O5/c1-5-13-10-14-9-12(7-8-20(14)19-13)16(22)18(3,17(23)24-4)11-15(21)25-6-2/h7-10H,5-6,11H2,1-4H3. The van der Waals surface area contributed by atoms with Crippen LogP contribution in [0.15, 0.2) is 24.4 Å². The predicted octanol–water partition coefficient (Wildman–Crippen LogP) is 2.21. The number of aryl methyl sites for hydroxylation is 1. The van der Waals surface area contributed by atoms with E-state index in [4.69, 9.17) is 9.47 Å². The number of hydrogen-bond acceptors (Lipinski definition) is 6. The van der Waals surface area contributed by atoms with E-state index in [-0.39, 0.29) is 13.0 Å². The molecule has 0 saturated heterocycles. The third-order valence-corrected chi connectivity index (χ3v) is 4.08. The molecule has 0 bridgehead atoms. The van der Waals surface area contributed by atoms with Gasteiger partial charge < -0.3 is 9.47 Å². The van der Waals surface area contributed by atoms with Crippen LogP contribution in [-0.4, -0.2) is 41.1 Å². The lowest BCUT2D eigenvalue weighted by molar-refractivity contribution is -0.156. The third kappa shape index (κ3) is 3.70. The molecule has 7 nitrogen and oxygen atoms in total. The number of ether oxygens (including phenoxy) is 2. The van der Waals surface area contributed by atoms with Crippen molar-refractivity contribution in [1.29, 1.82) is 0 Å².